The summed E-state index contributed by atoms with van der Waals surface area (Å²) >= 11 is 7.77. The standard InChI is InChI=1S/C19H20ClF2N5O3S/c20-16-13(18-25-9-3-1-2-4-11(9)31-18)17(27-19(26-16)23-6-12(21)22)24-10-5-8(7-28)14(29)15(10)30/h1-4,8,10,12,14-15,28-30H,5-7H2,(H2,23,24,26,27)/t8-,10-,14-,15+/m1/s1. The Labute approximate surface area is 184 Å². The molecule has 2 heterocycles. The molecule has 1 aliphatic rings. The lowest BCUT2D eigenvalue weighted by Gasteiger charge is -2.21. The fourth-order valence-corrected chi connectivity index (χ4v) is 4.91. The van der Waals surface area contributed by atoms with E-state index in [1.54, 1.807) is 0 Å². The average Bonchev–Trinajstić information content (AvgIpc) is 3.28. The van der Waals surface area contributed by atoms with Gasteiger partial charge in [0.05, 0.1) is 34.5 Å². The molecule has 0 unspecified atom stereocenters. The van der Waals surface area contributed by atoms with E-state index in [2.05, 4.69) is 25.6 Å². The number of rotatable bonds is 7. The van der Waals surface area contributed by atoms with Gasteiger partial charge in [-0.15, -0.1) is 11.3 Å². The fraction of sp³-hybridized carbons (Fsp3) is 0.421. The Hall–Kier alpha value is -2.18. The van der Waals surface area contributed by atoms with Gasteiger partial charge in [-0.2, -0.15) is 4.98 Å². The molecule has 8 nitrogen and oxygen atoms in total. The van der Waals surface area contributed by atoms with Crippen LogP contribution in [0.2, 0.25) is 5.15 Å². The number of alkyl halides is 2. The van der Waals surface area contributed by atoms with E-state index in [4.69, 9.17) is 11.6 Å². The third kappa shape index (κ3) is 4.55. The Kier molecular flexibility index (Phi) is 6.49. The van der Waals surface area contributed by atoms with E-state index in [1.807, 2.05) is 24.3 Å². The summed E-state index contributed by atoms with van der Waals surface area (Å²) in [6, 6.07) is 6.84. The number of aliphatic hydroxyl groups is 3. The first-order chi connectivity index (χ1) is 14.9. The minimum atomic E-state index is -2.61. The lowest BCUT2D eigenvalue weighted by atomic mass is 10.1. The summed E-state index contributed by atoms with van der Waals surface area (Å²) in [4.78, 5) is 12.9. The number of aliphatic hydroxyl groups excluding tert-OH is 3. The van der Waals surface area contributed by atoms with Gasteiger partial charge in [0.15, 0.2) is 0 Å². The molecule has 1 fully saturated rings. The van der Waals surface area contributed by atoms with E-state index in [-0.39, 0.29) is 29.9 Å². The molecule has 0 amide bonds. The van der Waals surface area contributed by atoms with Crippen molar-refractivity contribution in [1.29, 1.82) is 0 Å². The van der Waals surface area contributed by atoms with E-state index in [9.17, 15) is 24.1 Å². The van der Waals surface area contributed by atoms with Crippen LogP contribution in [0.15, 0.2) is 24.3 Å². The van der Waals surface area contributed by atoms with Gasteiger partial charge in [-0.1, -0.05) is 23.7 Å². The molecule has 5 N–H and O–H groups in total. The van der Waals surface area contributed by atoms with E-state index in [0.717, 1.165) is 10.2 Å². The van der Waals surface area contributed by atoms with Crippen LogP contribution < -0.4 is 10.6 Å². The molecule has 4 atom stereocenters. The van der Waals surface area contributed by atoms with Gasteiger partial charge in [0.25, 0.3) is 6.43 Å². The first-order valence-electron chi connectivity index (χ1n) is 9.56. The maximum Gasteiger partial charge on any atom is 0.255 e. The first kappa shape index (κ1) is 22.0. The molecule has 2 aromatic heterocycles. The molecule has 0 saturated heterocycles. The minimum Gasteiger partial charge on any atom is -0.396 e. The highest BCUT2D eigenvalue weighted by Gasteiger charge is 2.41. The molecule has 31 heavy (non-hydrogen) atoms. The Balaban J connectivity index is 1.74. The van der Waals surface area contributed by atoms with Crippen molar-refractivity contribution in [3.63, 3.8) is 0 Å². The molecule has 0 aliphatic heterocycles. The number of nitrogens with one attached hydrogen (secondary N) is 2. The van der Waals surface area contributed by atoms with Gasteiger partial charge < -0.3 is 26.0 Å². The molecule has 166 valence electrons. The van der Waals surface area contributed by atoms with Gasteiger partial charge in [-0.25, -0.2) is 18.7 Å². The molecule has 4 rings (SSSR count). The van der Waals surface area contributed by atoms with Crippen molar-refractivity contribution in [2.45, 2.75) is 31.1 Å². The van der Waals surface area contributed by atoms with Crippen molar-refractivity contribution in [3.05, 3.63) is 29.4 Å². The zero-order chi connectivity index (χ0) is 22.1. The van der Waals surface area contributed by atoms with Gasteiger partial charge in [-0.05, 0) is 18.6 Å². The van der Waals surface area contributed by atoms with Crippen molar-refractivity contribution in [2.24, 2.45) is 5.92 Å². The Morgan fingerprint density at radius 3 is 2.61 bits per heavy atom. The number of thiazole rings is 1. The van der Waals surface area contributed by atoms with E-state index >= 15 is 0 Å². The second kappa shape index (κ2) is 9.13. The highest BCUT2D eigenvalue weighted by atomic mass is 35.5. The van der Waals surface area contributed by atoms with Gasteiger partial charge >= 0.3 is 0 Å². The SMILES string of the molecule is OC[C@H]1C[C@@H](Nc2nc(NCC(F)F)nc(Cl)c2-c2nc3ccccc3s2)[C@H](O)[C@@H]1O. The topological polar surface area (TPSA) is 123 Å². The zero-order valence-corrected chi connectivity index (χ0v) is 17.6. The molecule has 1 aromatic carbocycles. The van der Waals surface area contributed by atoms with Crippen LogP contribution in [0, 0.1) is 5.92 Å². The summed E-state index contributed by atoms with van der Waals surface area (Å²) in [6.07, 6.45) is -4.60. The van der Waals surface area contributed by atoms with Crippen LogP contribution in [0.3, 0.4) is 0 Å². The fourth-order valence-electron chi connectivity index (χ4n) is 3.58. The van der Waals surface area contributed by atoms with Crippen LogP contribution in [-0.2, 0) is 0 Å². The molecule has 0 spiro atoms. The number of aromatic nitrogens is 3. The predicted octanol–water partition coefficient (Wildman–Crippen LogP) is 2.60. The van der Waals surface area contributed by atoms with Crippen molar-refractivity contribution in [3.8, 4) is 10.6 Å². The molecule has 0 bridgehead atoms. The minimum absolute atomic E-state index is 0.0000610. The van der Waals surface area contributed by atoms with E-state index in [1.165, 1.54) is 11.3 Å². The number of nitrogens with zero attached hydrogens (tertiary/aromatic N) is 3. The third-order valence-corrected chi connectivity index (χ3v) is 6.47. The summed E-state index contributed by atoms with van der Waals surface area (Å²) in [7, 11) is 0. The number of anilines is 2. The smallest absolute Gasteiger partial charge is 0.255 e. The Bertz CT molecular complexity index is 1040. The average molecular weight is 472 g/mol. The number of para-hydroxylation sites is 1. The van der Waals surface area contributed by atoms with Gasteiger partial charge in [0.1, 0.15) is 22.1 Å². The van der Waals surface area contributed by atoms with E-state index < -0.39 is 37.1 Å². The summed E-state index contributed by atoms with van der Waals surface area (Å²) < 4.78 is 26.2. The summed E-state index contributed by atoms with van der Waals surface area (Å²) in [5.74, 6) is -0.429. The van der Waals surface area contributed by atoms with Crippen LogP contribution in [0.25, 0.3) is 20.8 Å². The van der Waals surface area contributed by atoms with Crippen LogP contribution >= 0.6 is 22.9 Å². The Morgan fingerprint density at radius 2 is 1.94 bits per heavy atom. The molecule has 1 saturated carbocycles. The molecular weight excluding hydrogens is 452 g/mol. The normalized spacial score (nSPS) is 23.6. The lowest BCUT2D eigenvalue weighted by molar-refractivity contribution is 0.00446. The van der Waals surface area contributed by atoms with Crippen LogP contribution in [0.1, 0.15) is 6.42 Å². The van der Waals surface area contributed by atoms with Crippen molar-refractivity contribution in [1.82, 2.24) is 15.0 Å². The number of hydrogen-bond donors (Lipinski definition) is 5. The van der Waals surface area contributed by atoms with Crippen molar-refractivity contribution in [2.75, 3.05) is 23.8 Å². The maximum absolute atomic E-state index is 12.6. The van der Waals surface area contributed by atoms with Crippen molar-refractivity contribution < 1.29 is 24.1 Å². The monoisotopic (exact) mass is 471 g/mol. The number of benzene rings is 1. The van der Waals surface area contributed by atoms with Gasteiger partial charge in [0, 0.05) is 12.5 Å². The largest absolute Gasteiger partial charge is 0.396 e. The molecule has 3 aromatic rings. The predicted molar refractivity (Wildman–Crippen MR) is 115 cm³/mol. The lowest BCUT2D eigenvalue weighted by Crippen LogP contribution is -2.35. The number of hydrogen-bond acceptors (Lipinski definition) is 9. The molecule has 12 heteroatoms. The van der Waals surface area contributed by atoms with Crippen LogP contribution in [0.5, 0.6) is 0 Å². The highest BCUT2D eigenvalue weighted by Crippen LogP contribution is 2.39. The second-order valence-electron chi connectivity index (χ2n) is 7.23. The van der Waals surface area contributed by atoms with Crippen molar-refractivity contribution >= 4 is 44.9 Å². The first-order valence-corrected chi connectivity index (χ1v) is 10.8. The number of halogens is 3. The third-order valence-electron chi connectivity index (χ3n) is 5.15. The van der Waals surface area contributed by atoms with Crippen LogP contribution in [-0.4, -0.2) is 68.1 Å². The summed E-state index contributed by atoms with van der Waals surface area (Å²) in [5, 5.41) is 35.9. The quantitative estimate of drug-likeness (QED) is 0.333. The number of fused-ring (bicyclic) bond motifs is 1. The molecule has 1 aliphatic carbocycles. The molecule has 0 radical (unpaired) electrons. The zero-order valence-electron chi connectivity index (χ0n) is 16.0. The van der Waals surface area contributed by atoms with E-state index in [0.29, 0.717) is 10.6 Å². The summed E-state index contributed by atoms with van der Waals surface area (Å²) in [5.41, 5.74) is 1.11. The maximum atomic E-state index is 12.6. The Morgan fingerprint density at radius 1 is 1.16 bits per heavy atom. The van der Waals surface area contributed by atoms with Crippen LogP contribution in [0.4, 0.5) is 20.5 Å². The molecular formula is C19H20ClF2N5O3S. The van der Waals surface area contributed by atoms with Gasteiger partial charge in [-0.3, -0.25) is 0 Å². The highest BCUT2D eigenvalue weighted by molar-refractivity contribution is 7.21. The summed E-state index contributed by atoms with van der Waals surface area (Å²) in [6.45, 7) is -0.944. The second-order valence-corrected chi connectivity index (χ2v) is 8.62. The van der Waals surface area contributed by atoms with Gasteiger partial charge in [0.2, 0.25) is 5.95 Å².